The van der Waals surface area contributed by atoms with Gasteiger partial charge in [-0.25, -0.2) is 9.64 Å². The molecule has 3 saturated carbocycles. The highest BCUT2D eigenvalue weighted by molar-refractivity contribution is 6.08. The van der Waals surface area contributed by atoms with E-state index in [-0.39, 0.29) is 45.8 Å². The van der Waals surface area contributed by atoms with Gasteiger partial charge in [-0.1, -0.05) is 60.1 Å². The molecule has 0 spiro atoms. The van der Waals surface area contributed by atoms with Crippen molar-refractivity contribution in [3.05, 3.63) is 70.9 Å². The second-order valence-corrected chi connectivity index (χ2v) is 16.1. The molecule has 2 radical (unpaired) electrons. The number of fused-ring (bicyclic) bond motifs is 7. The number of anilines is 1. The molecular formula is C37H45N3O4. The Balaban J connectivity index is 1.42. The molecule has 2 amide bonds. The van der Waals surface area contributed by atoms with E-state index in [0.29, 0.717) is 5.69 Å². The smallest absolute Gasteiger partial charge is 0.319 e. The third kappa shape index (κ3) is 4.16. The second-order valence-electron chi connectivity index (χ2n) is 16.1. The number of carbonyl (C=O) groups is 3. The average molecular weight is 596 g/mol. The molecule has 0 aliphatic heterocycles. The number of nitrogens with one attached hydrogen (secondary N) is 2. The van der Waals surface area contributed by atoms with Crippen molar-refractivity contribution in [3.63, 3.8) is 0 Å². The number of phenolic OH excluding ortho intramolecular Hbond substituents is 1. The fraction of sp³-hybridized carbons (Fsp3) is 0.568. The van der Waals surface area contributed by atoms with Crippen molar-refractivity contribution in [3.8, 4) is 5.75 Å². The first kappa shape index (κ1) is 30.6. The van der Waals surface area contributed by atoms with Crippen LogP contribution in [0.25, 0.3) is 4.85 Å². The number of hydrogen-bond acceptors (Lipinski definition) is 4. The summed E-state index contributed by atoms with van der Waals surface area (Å²) in [5.41, 5.74) is -0.906. The Kier molecular flexibility index (Phi) is 6.65. The van der Waals surface area contributed by atoms with Gasteiger partial charge < -0.3 is 20.5 Å². The molecule has 5 atom stereocenters. The van der Waals surface area contributed by atoms with Gasteiger partial charge in [-0.05, 0) is 97.5 Å². The number of aromatic hydroxyl groups is 1. The predicted molar refractivity (Wildman–Crippen MR) is 170 cm³/mol. The van der Waals surface area contributed by atoms with Gasteiger partial charge in [0.2, 0.25) is 5.70 Å². The maximum Gasteiger partial charge on any atom is 0.319 e. The van der Waals surface area contributed by atoms with Crippen LogP contribution in [0.1, 0.15) is 93.4 Å². The SMILES string of the molecule is [C-]#[N+]C1=C[C@]2(C)C3=CC(=O)[C]4[C]5CC(C)(C)CC[C@]5(NC(=O)Nc5ccc(O)cc5)CC[C@@]4(C)[C@]3(C)CC[C@H]2C(C)(C)C1=O. The highest BCUT2D eigenvalue weighted by Crippen LogP contribution is 2.74. The molecule has 7 heteroatoms. The Morgan fingerprint density at radius 3 is 2.25 bits per heavy atom. The van der Waals surface area contributed by atoms with Crippen LogP contribution in [0.4, 0.5) is 10.5 Å². The van der Waals surface area contributed by atoms with E-state index < -0.39 is 21.8 Å². The zero-order valence-electron chi connectivity index (χ0n) is 27.1. The average Bonchev–Trinajstić information content (AvgIpc) is 2.94. The number of urea groups is 1. The summed E-state index contributed by atoms with van der Waals surface area (Å²) in [6.07, 6.45) is 9.30. The molecule has 0 unspecified atom stereocenters. The number of rotatable bonds is 2. The summed E-state index contributed by atoms with van der Waals surface area (Å²) in [7, 11) is 0. The molecule has 44 heavy (non-hydrogen) atoms. The number of hydrogen-bond donors (Lipinski definition) is 3. The minimum Gasteiger partial charge on any atom is -0.508 e. The molecule has 1 aromatic carbocycles. The lowest BCUT2D eigenvalue weighted by Crippen LogP contribution is -2.68. The van der Waals surface area contributed by atoms with Crippen molar-refractivity contribution >= 4 is 23.3 Å². The molecule has 3 N–H and O–H groups in total. The van der Waals surface area contributed by atoms with Crippen molar-refractivity contribution in [2.75, 3.05) is 5.32 Å². The third-order valence-electron chi connectivity index (χ3n) is 12.7. The summed E-state index contributed by atoms with van der Waals surface area (Å²) >= 11 is 0. The number of Topliss-reactive ketones (excluding diaryl/α,β-unsaturated/α-hetero) is 1. The maximum atomic E-state index is 14.6. The number of allylic oxidation sites excluding steroid dienone is 4. The monoisotopic (exact) mass is 595 g/mol. The van der Waals surface area contributed by atoms with Crippen LogP contribution >= 0.6 is 0 Å². The van der Waals surface area contributed by atoms with E-state index in [9.17, 15) is 19.5 Å². The number of nitrogens with zero attached hydrogens (tertiary/aromatic N) is 1. The van der Waals surface area contributed by atoms with Crippen LogP contribution < -0.4 is 10.6 Å². The quantitative estimate of drug-likeness (QED) is 0.240. The standard InChI is InChI=1S/C37H45N3O4/c1-32(2)15-17-37(40-31(44)39-22-9-11-23(41)12-10-22)18-16-36(7)29(24(37)20-32)26(42)19-28-34(5)21-25(38-8)30(43)33(3,4)27(34)13-14-35(28,36)6/h9-12,19,21,27,41H,13-18,20H2,1-7H3,(H2,39,40,44)/t27-,34-,35+,36+,37-/m0/s1. The lowest BCUT2D eigenvalue weighted by atomic mass is 9.35. The molecule has 6 rings (SSSR count). The van der Waals surface area contributed by atoms with Crippen LogP contribution in [0.3, 0.4) is 0 Å². The fourth-order valence-corrected chi connectivity index (χ4v) is 10.0. The summed E-state index contributed by atoms with van der Waals surface area (Å²) in [6.45, 7) is 22.9. The Morgan fingerprint density at radius 1 is 0.932 bits per heavy atom. The Labute approximate surface area is 261 Å². The lowest BCUT2D eigenvalue weighted by Gasteiger charge is -2.68. The molecule has 1 aromatic rings. The van der Waals surface area contributed by atoms with Crippen molar-refractivity contribution in [2.45, 2.75) is 99.0 Å². The lowest BCUT2D eigenvalue weighted by molar-refractivity contribution is -0.133. The predicted octanol–water partition coefficient (Wildman–Crippen LogP) is 7.76. The summed E-state index contributed by atoms with van der Waals surface area (Å²) in [5, 5.41) is 15.9. The first-order valence-corrected chi connectivity index (χ1v) is 16.0. The molecule has 0 bridgehead atoms. The topological polar surface area (TPSA) is 99.9 Å². The molecule has 3 fully saturated rings. The van der Waals surface area contributed by atoms with Gasteiger partial charge in [0, 0.05) is 28.0 Å². The summed E-state index contributed by atoms with van der Waals surface area (Å²) in [5.74, 6) is 1.96. The highest BCUT2D eigenvalue weighted by Gasteiger charge is 2.70. The van der Waals surface area contributed by atoms with Crippen molar-refractivity contribution < 1.29 is 19.5 Å². The number of carbonyl (C=O) groups excluding carboxylic acids is 3. The number of ketones is 2. The molecule has 232 valence electrons. The van der Waals surface area contributed by atoms with Crippen LogP contribution in [0.2, 0.25) is 0 Å². The fourth-order valence-electron chi connectivity index (χ4n) is 10.0. The molecule has 5 aliphatic rings. The maximum absolute atomic E-state index is 14.6. The van der Waals surface area contributed by atoms with Gasteiger partial charge in [0.1, 0.15) is 5.75 Å². The number of amides is 2. The molecule has 5 aliphatic carbocycles. The van der Waals surface area contributed by atoms with Crippen LogP contribution in [-0.2, 0) is 9.59 Å². The second kappa shape index (κ2) is 9.55. The van der Waals surface area contributed by atoms with Crippen LogP contribution in [0, 0.1) is 51.4 Å². The van der Waals surface area contributed by atoms with E-state index in [0.717, 1.165) is 62.4 Å². The number of benzene rings is 1. The van der Waals surface area contributed by atoms with Crippen LogP contribution in [0.15, 0.2) is 47.7 Å². The first-order chi connectivity index (χ1) is 20.4. The summed E-state index contributed by atoms with van der Waals surface area (Å²) in [6, 6.07) is 6.09. The van der Waals surface area contributed by atoms with E-state index in [2.05, 4.69) is 50.1 Å². The van der Waals surface area contributed by atoms with Crippen LogP contribution in [-0.4, -0.2) is 28.2 Å². The Hall–Kier alpha value is -3.40. The Bertz CT molecular complexity index is 1550. The van der Waals surface area contributed by atoms with E-state index in [1.807, 2.05) is 26.0 Å². The van der Waals surface area contributed by atoms with Gasteiger partial charge >= 0.3 is 6.03 Å². The minimum atomic E-state index is -0.696. The Morgan fingerprint density at radius 2 is 1.59 bits per heavy atom. The van der Waals surface area contributed by atoms with E-state index >= 15 is 0 Å². The van der Waals surface area contributed by atoms with Crippen molar-refractivity contribution in [1.29, 1.82) is 0 Å². The molecule has 7 nitrogen and oxygen atoms in total. The van der Waals surface area contributed by atoms with Crippen LogP contribution in [0.5, 0.6) is 5.75 Å². The van der Waals surface area contributed by atoms with E-state index in [1.54, 1.807) is 12.1 Å². The zero-order valence-corrected chi connectivity index (χ0v) is 27.1. The summed E-state index contributed by atoms with van der Waals surface area (Å²) < 4.78 is 0. The minimum absolute atomic E-state index is 0.000477. The highest BCUT2D eigenvalue weighted by atomic mass is 16.3. The molecular weight excluding hydrogens is 550 g/mol. The first-order valence-electron chi connectivity index (χ1n) is 16.0. The van der Waals surface area contributed by atoms with Gasteiger partial charge in [-0.3, -0.25) is 4.79 Å². The van der Waals surface area contributed by atoms with E-state index in [4.69, 9.17) is 6.57 Å². The molecule has 0 aromatic heterocycles. The van der Waals surface area contributed by atoms with Crippen molar-refractivity contribution in [1.82, 2.24) is 5.32 Å². The number of phenols is 1. The largest absolute Gasteiger partial charge is 0.508 e. The van der Waals surface area contributed by atoms with Gasteiger partial charge in [-0.15, -0.1) is 0 Å². The molecule has 0 saturated heterocycles. The van der Waals surface area contributed by atoms with Gasteiger partial charge in [0.15, 0.2) is 11.6 Å². The van der Waals surface area contributed by atoms with Crippen molar-refractivity contribution in [2.24, 2.45) is 33.0 Å². The molecule has 0 heterocycles. The van der Waals surface area contributed by atoms with Gasteiger partial charge in [0.25, 0.3) is 0 Å². The normalized spacial score (nSPS) is 37.6. The van der Waals surface area contributed by atoms with Gasteiger partial charge in [-0.2, -0.15) is 0 Å². The van der Waals surface area contributed by atoms with Gasteiger partial charge in [0.05, 0.1) is 12.5 Å². The summed E-state index contributed by atoms with van der Waals surface area (Å²) in [4.78, 5) is 45.1. The third-order valence-corrected chi connectivity index (χ3v) is 12.7. The zero-order chi connectivity index (χ0) is 32.1. The van der Waals surface area contributed by atoms with E-state index in [1.165, 1.54) is 12.1 Å².